The van der Waals surface area contributed by atoms with Gasteiger partial charge in [0.1, 0.15) is 0 Å². The second-order valence-electron chi connectivity index (χ2n) is 6.61. The van der Waals surface area contributed by atoms with Crippen molar-refractivity contribution in [1.82, 2.24) is 5.32 Å². The third-order valence-electron chi connectivity index (χ3n) is 4.44. The van der Waals surface area contributed by atoms with Gasteiger partial charge in [0.2, 0.25) is 0 Å². The standard InChI is InChI=1S/C17H26BrNOS/c1-4-11-19-16-15(9-6-10-17(16,2)3)21(20)14-8-5-7-13(18)12-14/h5,7-8,12,15-16,19H,4,6,9-11H2,1-3H3. The lowest BCUT2D eigenvalue weighted by atomic mass is 9.73. The van der Waals surface area contributed by atoms with Gasteiger partial charge in [-0.15, -0.1) is 0 Å². The van der Waals surface area contributed by atoms with Gasteiger partial charge >= 0.3 is 0 Å². The number of hydrogen-bond donors (Lipinski definition) is 1. The first-order chi connectivity index (χ1) is 9.95. The van der Waals surface area contributed by atoms with Crippen molar-refractivity contribution in [2.24, 2.45) is 5.41 Å². The van der Waals surface area contributed by atoms with Gasteiger partial charge in [0.25, 0.3) is 0 Å². The molecule has 1 aromatic rings. The summed E-state index contributed by atoms with van der Waals surface area (Å²) in [5, 5.41) is 3.88. The average Bonchev–Trinajstić information content (AvgIpc) is 2.44. The van der Waals surface area contributed by atoms with Gasteiger partial charge < -0.3 is 5.32 Å². The highest BCUT2D eigenvalue weighted by Crippen LogP contribution is 2.39. The molecular weight excluding hydrogens is 346 g/mol. The molecule has 118 valence electrons. The van der Waals surface area contributed by atoms with Crippen molar-refractivity contribution in [3.8, 4) is 0 Å². The molecule has 3 unspecified atom stereocenters. The van der Waals surface area contributed by atoms with Crippen LogP contribution in [0.5, 0.6) is 0 Å². The molecule has 2 rings (SSSR count). The lowest BCUT2D eigenvalue weighted by molar-refractivity contribution is 0.173. The summed E-state index contributed by atoms with van der Waals surface area (Å²) in [6, 6.07) is 8.26. The van der Waals surface area contributed by atoms with Crippen LogP contribution < -0.4 is 5.32 Å². The third-order valence-corrected chi connectivity index (χ3v) is 6.71. The molecule has 1 saturated carbocycles. The van der Waals surface area contributed by atoms with E-state index in [1.807, 2.05) is 24.3 Å². The zero-order chi connectivity index (χ0) is 15.5. The van der Waals surface area contributed by atoms with Crippen LogP contribution in [0.3, 0.4) is 0 Å². The lowest BCUT2D eigenvalue weighted by Gasteiger charge is -2.44. The molecule has 1 fully saturated rings. The second kappa shape index (κ2) is 7.38. The SMILES string of the molecule is CCCNC1C(S(=O)c2cccc(Br)c2)CCCC1(C)C. The number of halogens is 1. The van der Waals surface area contributed by atoms with E-state index in [4.69, 9.17) is 0 Å². The normalized spacial score (nSPS) is 26.5. The topological polar surface area (TPSA) is 29.1 Å². The Hall–Kier alpha value is -0.190. The largest absolute Gasteiger partial charge is 0.312 e. The third kappa shape index (κ3) is 4.17. The van der Waals surface area contributed by atoms with Crippen molar-refractivity contribution < 1.29 is 4.21 Å². The van der Waals surface area contributed by atoms with Crippen LogP contribution in [0, 0.1) is 5.41 Å². The molecule has 1 N–H and O–H groups in total. The molecule has 0 bridgehead atoms. The maximum absolute atomic E-state index is 13.1. The molecule has 0 heterocycles. The van der Waals surface area contributed by atoms with Crippen molar-refractivity contribution in [3.63, 3.8) is 0 Å². The molecule has 1 aliphatic carbocycles. The molecule has 0 saturated heterocycles. The molecule has 21 heavy (non-hydrogen) atoms. The van der Waals surface area contributed by atoms with Crippen molar-refractivity contribution in [2.75, 3.05) is 6.54 Å². The fraction of sp³-hybridized carbons (Fsp3) is 0.647. The van der Waals surface area contributed by atoms with E-state index in [2.05, 4.69) is 42.0 Å². The Balaban J connectivity index is 2.23. The van der Waals surface area contributed by atoms with Crippen LogP contribution in [0.2, 0.25) is 0 Å². The lowest BCUT2D eigenvalue weighted by Crippen LogP contribution is -2.54. The molecule has 3 atom stereocenters. The molecule has 2 nitrogen and oxygen atoms in total. The van der Waals surface area contributed by atoms with Crippen LogP contribution in [0.4, 0.5) is 0 Å². The number of nitrogens with one attached hydrogen (secondary N) is 1. The van der Waals surface area contributed by atoms with Crippen LogP contribution in [-0.4, -0.2) is 22.0 Å². The van der Waals surface area contributed by atoms with E-state index in [1.54, 1.807) is 0 Å². The monoisotopic (exact) mass is 371 g/mol. The Morgan fingerprint density at radius 1 is 1.43 bits per heavy atom. The summed E-state index contributed by atoms with van der Waals surface area (Å²) in [5.74, 6) is 0. The average molecular weight is 372 g/mol. The summed E-state index contributed by atoms with van der Waals surface area (Å²) in [5.41, 5.74) is 0.208. The minimum atomic E-state index is -0.953. The van der Waals surface area contributed by atoms with Crippen molar-refractivity contribution in [2.45, 2.75) is 62.6 Å². The molecule has 0 amide bonds. The summed E-state index contributed by atoms with van der Waals surface area (Å²) in [4.78, 5) is 0.940. The first kappa shape index (κ1) is 17.2. The van der Waals surface area contributed by atoms with E-state index in [9.17, 15) is 4.21 Å². The Morgan fingerprint density at radius 2 is 2.19 bits per heavy atom. The quantitative estimate of drug-likeness (QED) is 0.824. The van der Waals surface area contributed by atoms with Crippen LogP contribution in [0.1, 0.15) is 46.5 Å². The smallest absolute Gasteiger partial charge is 0.0577 e. The molecular formula is C17H26BrNOS. The second-order valence-corrected chi connectivity index (χ2v) is 9.19. The fourth-order valence-corrected chi connectivity index (χ4v) is 5.74. The van der Waals surface area contributed by atoms with Crippen LogP contribution in [-0.2, 0) is 10.8 Å². The zero-order valence-electron chi connectivity index (χ0n) is 13.2. The molecule has 1 aromatic carbocycles. The molecule has 1 aliphatic rings. The predicted octanol–water partition coefficient (Wildman–Crippen LogP) is 4.50. The van der Waals surface area contributed by atoms with Crippen molar-refractivity contribution >= 4 is 26.7 Å². The Labute approximate surface area is 139 Å². The van der Waals surface area contributed by atoms with Gasteiger partial charge in [-0.3, -0.25) is 4.21 Å². The Morgan fingerprint density at radius 3 is 2.86 bits per heavy atom. The van der Waals surface area contributed by atoms with Gasteiger partial charge in [0, 0.05) is 15.4 Å². The summed E-state index contributed by atoms with van der Waals surface area (Å²) in [6.07, 6.45) is 4.54. The number of benzene rings is 1. The molecule has 0 radical (unpaired) electrons. The van der Waals surface area contributed by atoms with Crippen LogP contribution in [0.25, 0.3) is 0 Å². The molecule has 4 heteroatoms. The molecule has 0 spiro atoms. The highest BCUT2D eigenvalue weighted by molar-refractivity contribution is 9.10. The summed E-state index contributed by atoms with van der Waals surface area (Å²) in [6.45, 7) is 7.80. The van der Waals surface area contributed by atoms with E-state index in [0.717, 1.165) is 28.8 Å². The maximum atomic E-state index is 13.1. The van der Waals surface area contributed by atoms with Gasteiger partial charge in [0.15, 0.2) is 0 Å². The summed E-state index contributed by atoms with van der Waals surface area (Å²) in [7, 11) is -0.953. The van der Waals surface area contributed by atoms with E-state index >= 15 is 0 Å². The fourth-order valence-electron chi connectivity index (χ4n) is 3.29. The van der Waals surface area contributed by atoms with E-state index < -0.39 is 10.8 Å². The predicted molar refractivity (Wildman–Crippen MR) is 94.1 cm³/mol. The van der Waals surface area contributed by atoms with Crippen molar-refractivity contribution in [3.05, 3.63) is 28.7 Å². The van der Waals surface area contributed by atoms with Gasteiger partial charge in [-0.1, -0.05) is 49.2 Å². The maximum Gasteiger partial charge on any atom is 0.0577 e. The van der Waals surface area contributed by atoms with E-state index in [-0.39, 0.29) is 10.7 Å². The van der Waals surface area contributed by atoms with Crippen molar-refractivity contribution in [1.29, 1.82) is 0 Å². The summed E-state index contributed by atoms with van der Waals surface area (Å²) >= 11 is 3.48. The highest BCUT2D eigenvalue weighted by atomic mass is 79.9. The minimum Gasteiger partial charge on any atom is -0.312 e. The van der Waals surface area contributed by atoms with Gasteiger partial charge in [-0.05, 0) is 49.4 Å². The van der Waals surface area contributed by atoms with Crippen LogP contribution >= 0.6 is 15.9 Å². The Bertz CT molecular complexity index is 503. The first-order valence-electron chi connectivity index (χ1n) is 7.85. The van der Waals surface area contributed by atoms with Gasteiger partial charge in [0.05, 0.1) is 16.0 Å². The summed E-state index contributed by atoms with van der Waals surface area (Å²) < 4.78 is 14.1. The zero-order valence-corrected chi connectivity index (χ0v) is 15.6. The number of rotatable bonds is 5. The van der Waals surface area contributed by atoms with Crippen LogP contribution in [0.15, 0.2) is 33.6 Å². The molecule has 0 aliphatic heterocycles. The van der Waals surface area contributed by atoms with E-state index in [0.29, 0.717) is 6.04 Å². The highest BCUT2D eigenvalue weighted by Gasteiger charge is 2.41. The van der Waals surface area contributed by atoms with Gasteiger partial charge in [-0.25, -0.2) is 0 Å². The Kier molecular flexibility index (Phi) is 6.04. The minimum absolute atomic E-state index is 0.203. The molecule has 0 aromatic heterocycles. The number of hydrogen-bond acceptors (Lipinski definition) is 2. The van der Waals surface area contributed by atoms with E-state index in [1.165, 1.54) is 12.8 Å². The first-order valence-corrected chi connectivity index (χ1v) is 9.86. The van der Waals surface area contributed by atoms with Gasteiger partial charge in [-0.2, -0.15) is 0 Å².